The number of rotatable bonds is 3. The summed E-state index contributed by atoms with van der Waals surface area (Å²) in [5.74, 6) is 0.231. The van der Waals surface area contributed by atoms with E-state index in [0.29, 0.717) is 21.3 Å². The van der Waals surface area contributed by atoms with E-state index in [4.69, 9.17) is 16.3 Å². The van der Waals surface area contributed by atoms with Crippen molar-refractivity contribution in [1.29, 1.82) is 0 Å². The summed E-state index contributed by atoms with van der Waals surface area (Å²) in [6.45, 7) is 1.87. The van der Waals surface area contributed by atoms with E-state index in [9.17, 15) is 9.59 Å². The molecule has 0 fully saturated rings. The van der Waals surface area contributed by atoms with Gasteiger partial charge in [-0.05, 0) is 37.3 Å². The van der Waals surface area contributed by atoms with Crippen LogP contribution in [0.1, 0.15) is 14.5 Å². The van der Waals surface area contributed by atoms with Gasteiger partial charge in [0, 0.05) is 9.90 Å². The largest absolute Gasteiger partial charge is 0.482 e. The highest BCUT2D eigenvalue weighted by molar-refractivity contribution is 7.14. The fourth-order valence-electron chi connectivity index (χ4n) is 2.15. The van der Waals surface area contributed by atoms with Crippen LogP contribution in [0.2, 0.25) is 5.02 Å². The van der Waals surface area contributed by atoms with Gasteiger partial charge in [-0.3, -0.25) is 14.5 Å². The maximum Gasteiger partial charge on any atom is 0.265 e. The van der Waals surface area contributed by atoms with E-state index in [1.807, 2.05) is 13.0 Å². The molecule has 2 heterocycles. The molecule has 0 aliphatic carbocycles. The van der Waals surface area contributed by atoms with Crippen LogP contribution in [0.4, 0.5) is 5.69 Å². The van der Waals surface area contributed by atoms with Crippen LogP contribution in [-0.2, 0) is 4.79 Å². The van der Waals surface area contributed by atoms with Crippen LogP contribution >= 0.6 is 22.9 Å². The Morgan fingerprint density at radius 3 is 2.90 bits per heavy atom. The lowest BCUT2D eigenvalue weighted by atomic mass is 10.2. The summed E-state index contributed by atoms with van der Waals surface area (Å²) in [5.41, 5.74) is 0.542. The zero-order valence-corrected chi connectivity index (χ0v) is 12.8. The Bertz CT molecular complexity index is 725. The fourth-order valence-corrected chi connectivity index (χ4v) is 3.12. The molecular weight excluding hydrogens is 310 g/mol. The number of hydrogen-bond acceptors (Lipinski definition) is 4. The lowest BCUT2D eigenvalue weighted by Crippen LogP contribution is -2.41. The van der Waals surface area contributed by atoms with Gasteiger partial charge in [0.25, 0.3) is 5.91 Å². The zero-order chi connectivity index (χ0) is 15.0. The van der Waals surface area contributed by atoms with Crippen molar-refractivity contribution in [3.05, 3.63) is 45.1 Å². The molecule has 1 aromatic heterocycles. The second kappa shape index (κ2) is 5.50. The summed E-state index contributed by atoms with van der Waals surface area (Å²) in [6.07, 6.45) is 0. The Balaban J connectivity index is 1.90. The fraction of sp³-hybridized carbons (Fsp3) is 0.200. The standard InChI is InChI=1S/C15H12ClNO3S/c1-9-2-5-14(21-9)12(18)7-17-11-6-10(16)3-4-13(11)20-8-15(17)19/h2-6H,7-8H2,1H3. The summed E-state index contributed by atoms with van der Waals surface area (Å²) in [7, 11) is 0. The van der Waals surface area contributed by atoms with E-state index in [1.165, 1.54) is 16.2 Å². The van der Waals surface area contributed by atoms with Crippen LogP contribution in [0, 0.1) is 6.92 Å². The summed E-state index contributed by atoms with van der Waals surface area (Å²) >= 11 is 7.40. The zero-order valence-electron chi connectivity index (χ0n) is 11.3. The number of ether oxygens (including phenoxy) is 1. The lowest BCUT2D eigenvalue weighted by molar-refractivity contribution is -0.121. The molecule has 0 bridgehead atoms. The van der Waals surface area contributed by atoms with E-state index < -0.39 is 0 Å². The van der Waals surface area contributed by atoms with Crippen LogP contribution in [0.5, 0.6) is 5.75 Å². The summed E-state index contributed by atoms with van der Waals surface area (Å²) < 4.78 is 5.35. The Morgan fingerprint density at radius 2 is 2.19 bits per heavy atom. The van der Waals surface area contributed by atoms with Gasteiger partial charge in [0.05, 0.1) is 17.1 Å². The Morgan fingerprint density at radius 1 is 1.38 bits per heavy atom. The minimum absolute atomic E-state index is 0.00448. The molecule has 1 amide bonds. The number of amides is 1. The second-order valence-electron chi connectivity index (χ2n) is 4.71. The van der Waals surface area contributed by atoms with Crippen LogP contribution in [0.25, 0.3) is 0 Å². The molecule has 0 saturated heterocycles. The van der Waals surface area contributed by atoms with Crippen molar-refractivity contribution >= 4 is 40.3 Å². The molecular formula is C15H12ClNO3S. The van der Waals surface area contributed by atoms with Gasteiger partial charge in [0.15, 0.2) is 12.4 Å². The first-order valence-corrected chi connectivity index (χ1v) is 7.56. The first kappa shape index (κ1) is 14.1. The molecule has 4 nitrogen and oxygen atoms in total. The molecule has 1 aromatic carbocycles. The van der Waals surface area contributed by atoms with Crippen molar-refractivity contribution in [2.24, 2.45) is 0 Å². The number of anilines is 1. The van der Waals surface area contributed by atoms with Crippen molar-refractivity contribution in [2.75, 3.05) is 18.1 Å². The molecule has 2 aromatic rings. The van der Waals surface area contributed by atoms with Crippen molar-refractivity contribution in [2.45, 2.75) is 6.92 Å². The van der Waals surface area contributed by atoms with E-state index in [2.05, 4.69) is 0 Å². The maximum atomic E-state index is 12.3. The van der Waals surface area contributed by atoms with Crippen LogP contribution in [0.3, 0.4) is 0 Å². The number of benzene rings is 1. The summed E-state index contributed by atoms with van der Waals surface area (Å²) in [5, 5.41) is 0.497. The number of ketones is 1. The van der Waals surface area contributed by atoms with Gasteiger partial charge < -0.3 is 4.74 Å². The van der Waals surface area contributed by atoms with Gasteiger partial charge >= 0.3 is 0 Å². The molecule has 1 aliphatic heterocycles. The van der Waals surface area contributed by atoms with Gasteiger partial charge in [-0.2, -0.15) is 0 Å². The van der Waals surface area contributed by atoms with E-state index in [1.54, 1.807) is 24.3 Å². The predicted octanol–water partition coefficient (Wildman–Crippen LogP) is 3.32. The van der Waals surface area contributed by atoms with Crippen molar-refractivity contribution < 1.29 is 14.3 Å². The van der Waals surface area contributed by atoms with E-state index in [0.717, 1.165) is 4.88 Å². The minimum atomic E-state index is -0.244. The number of halogens is 1. The third kappa shape index (κ3) is 2.80. The topological polar surface area (TPSA) is 46.6 Å². The molecule has 1 aliphatic rings. The third-order valence-corrected chi connectivity index (χ3v) is 4.46. The number of fused-ring (bicyclic) bond motifs is 1. The number of Topliss-reactive ketones (excluding diaryl/α,β-unsaturated/α-hetero) is 1. The van der Waals surface area contributed by atoms with Crippen molar-refractivity contribution in [3.8, 4) is 5.75 Å². The number of hydrogen-bond donors (Lipinski definition) is 0. The molecule has 0 unspecified atom stereocenters. The number of carbonyl (C=O) groups is 2. The number of aryl methyl sites for hydroxylation is 1. The van der Waals surface area contributed by atoms with Gasteiger partial charge in [0.2, 0.25) is 0 Å². The minimum Gasteiger partial charge on any atom is -0.482 e. The van der Waals surface area contributed by atoms with Crippen LogP contribution in [0.15, 0.2) is 30.3 Å². The molecule has 0 atom stereocenters. The maximum absolute atomic E-state index is 12.3. The Labute approximate surface area is 130 Å². The van der Waals surface area contributed by atoms with Gasteiger partial charge in [0.1, 0.15) is 5.75 Å². The SMILES string of the molecule is Cc1ccc(C(=O)CN2C(=O)COc3ccc(Cl)cc32)s1. The van der Waals surface area contributed by atoms with Crippen LogP contribution < -0.4 is 9.64 Å². The molecule has 0 saturated carbocycles. The Kier molecular flexibility index (Phi) is 3.69. The molecule has 0 N–H and O–H groups in total. The molecule has 0 radical (unpaired) electrons. The van der Waals surface area contributed by atoms with Crippen molar-refractivity contribution in [1.82, 2.24) is 0 Å². The van der Waals surface area contributed by atoms with Gasteiger partial charge in [-0.15, -0.1) is 11.3 Å². The highest BCUT2D eigenvalue weighted by Gasteiger charge is 2.28. The smallest absolute Gasteiger partial charge is 0.265 e. The average Bonchev–Trinajstić information content (AvgIpc) is 2.89. The van der Waals surface area contributed by atoms with Gasteiger partial charge in [-0.25, -0.2) is 0 Å². The van der Waals surface area contributed by atoms with Gasteiger partial charge in [-0.1, -0.05) is 11.6 Å². The van der Waals surface area contributed by atoms with Crippen LogP contribution in [-0.4, -0.2) is 24.8 Å². The molecule has 108 valence electrons. The summed E-state index contributed by atoms with van der Waals surface area (Å²) in [4.78, 5) is 27.5. The molecule has 21 heavy (non-hydrogen) atoms. The predicted molar refractivity (Wildman–Crippen MR) is 82.7 cm³/mol. The second-order valence-corrected chi connectivity index (χ2v) is 6.44. The first-order chi connectivity index (χ1) is 10.0. The normalized spacial score (nSPS) is 13.8. The molecule has 3 rings (SSSR count). The number of nitrogens with zero attached hydrogens (tertiary/aromatic N) is 1. The Hall–Kier alpha value is -1.85. The lowest BCUT2D eigenvalue weighted by Gasteiger charge is -2.28. The highest BCUT2D eigenvalue weighted by atomic mass is 35.5. The monoisotopic (exact) mass is 321 g/mol. The summed E-state index contributed by atoms with van der Waals surface area (Å²) in [6, 6.07) is 8.71. The number of thiophene rings is 1. The number of carbonyl (C=O) groups excluding carboxylic acids is 2. The van der Waals surface area contributed by atoms with E-state index >= 15 is 0 Å². The first-order valence-electron chi connectivity index (χ1n) is 6.37. The highest BCUT2D eigenvalue weighted by Crippen LogP contribution is 2.34. The van der Waals surface area contributed by atoms with E-state index in [-0.39, 0.29) is 24.8 Å². The van der Waals surface area contributed by atoms with Crippen molar-refractivity contribution in [3.63, 3.8) is 0 Å². The average molecular weight is 322 g/mol. The molecule has 0 spiro atoms. The molecule has 6 heteroatoms. The third-order valence-electron chi connectivity index (χ3n) is 3.18. The quantitative estimate of drug-likeness (QED) is 0.815.